The van der Waals surface area contributed by atoms with E-state index in [0.29, 0.717) is 5.92 Å². The molecule has 1 heterocycles. The van der Waals surface area contributed by atoms with Crippen molar-refractivity contribution in [2.24, 2.45) is 11.1 Å². The van der Waals surface area contributed by atoms with E-state index in [9.17, 15) is 0 Å². The van der Waals surface area contributed by atoms with Gasteiger partial charge in [0.25, 0.3) is 0 Å². The quantitative estimate of drug-likeness (QED) is 0.785. The van der Waals surface area contributed by atoms with Crippen molar-refractivity contribution in [3.63, 3.8) is 0 Å². The highest BCUT2D eigenvalue weighted by molar-refractivity contribution is 5.19. The number of nitrogens with two attached hydrogens (primary N) is 1. The van der Waals surface area contributed by atoms with Gasteiger partial charge in [-0.15, -0.1) is 0 Å². The molecule has 0 bridgehead atoms. The van der Waals surface area contributed by atoms with Gasteiger partial charge in [-0.25, -0.2) is 0 Å². The molecule has 0 radical (unpaired) electrons. The van der Waals surface area contributed by atoms with Gasteiger partial charge in [-0.3, -0.25) is 0 Å². The predicted molar refractivity (Wildman–Crippen MR) is 59.2 cm³/mol. The lowest BCUT2D eigenvalue weighted by Gasteiger charge is -2.24. The molecule has 0 aliphatic heterocycles. The van der Waals surface area contributed by atoms with Gasteiger partial charge in [0.2, 0.25) is 0 Å². The molecule has 0 saturated heterocycles. The number of hydrogen-bond donors (Lipinski definition) is 1. The van der Waals surface area contributed by atoms with Gasteiger partial charge in [-0.2, -0.15) is 0 Å². The highest BCUT2D eigenvalue weighted by atomic mass is 16.3. The van der Waals surface area contributed by atoms with Gasteiger partial charge in [0.15, 0.2) is 0 Å². The Kier molecular flexibility index (Phi) is 3.05. The maximum atomic E-state index is 6.09. The highest BCUT2D eigenvalue weighted by Gasteiger charge is 2.25. The third-order valence-corrected chi connectivity index (χ3v) is 2.55. The molecule has 0 fully saturated rings. The van der Waals surface area contributed by atoms with Crippen LogP contribution in [0.1, 0.15) is 57.9 Å². The molecule has 0 aliphatic carbocycles. The monoisotopic (exact) mass is 195 g/mol. The van der Waals surface area contributed by atoms with Crippen molar-refractivity contribution in [1.29, 1.82) is 0 Å². The summed E-state index contributed by atoms with van der Waals surface area (Å²) >= 11 is 0. The molecular weight excluding hydrogens is 174 g/mol. The summed E-state index contributed by atoms with van der Waals surface area (Å²) in [5.41, 5.74) is 7.36. The second kappa shape index (κ2) is 3.77. The van der Waals surface area contributed by atoms with Crippen molar-refractivity contribution in [3.8, 4) is 0 Å². The lowest BCUT2D eigenvalue weighted by Crippen LogP contribution is -2.25. The summed E-state index contributed by atoms with van der Waals surface area (Å²) in [5.74, 6) is 1.39. The molecule has 0 amide bonds. The standard InChI is InChI=1S/C12H21NO/c1-8(2)9-6-10(14-7-9)11(13)12(3,4)5/h6-8,11H,13H2,1-5H3/t11-/m0/s1. The third-order valence-electron chi connectivity index (χ3n) is 2.55. The van der Waals surface area contributed by atoms with Crippen LogP contribution >= 0.6 is 0 Å². The van der Waals surface area contributed by atoms with Crippen LogP contribution in [0.4, 0.5) is 0 Å². The van der Waals surface area contributed by atoms with Gasteiger partial charge < -0.3 is 10.2 Å². The Hall–Kier alpha value is -0.760. The van der Waals surface area contributed by atoms with Crippen LogP contribution in [-0.4, -0.2) is 0 Å². The largest absolute Gasteiger partial charge is 0.467 e. The fraction of sp³-hybridized carbons (Fsp3) is 0.667. The van der Waals surface area contributed by atoms with Crippen molar-refractivity contribution < 1.29 is 4.42 Å². The molecule has 0 spiro atoms. The van der Waals surface area contributed by atoms with E-state index in [-0.39, 0.29) is 11.5 Å². The molecule has 0 aromatic carbocycles. The summed E-state index contributed by atoms with van der Waals surface area (Å²) < 4.78 is 5.49. The molecule has 0 unspecified atom stereocenters. The van der Waals surface area contributed by atoms with Crippen molar-refractivity contribution in [2.75, 3.05) is 0 Å². The SMILES string of the molecule is CC(C)c1coc([C@H](N)C(C)(C)C)c1. The van der Waals surface area contributed by atoms with Gasteiger partial charge in [0.1, 0.15) is 5.76 Å². The van der Waals surface area contributed by atoms with E-state index in [0.717, 1.165) is 5.76 Å². The van der Waals surface area contributed by atoms with E-state index < -0.39 is 0 Å². The normalized spacial score (nSPS) is 14.8. The van der Waals surface area contributed by atoms with Crippen LogP contribution in [0.15, 0.2) is 16.7 Å². The van der Waals surface area contributed by atoms with Gasteiger partial charge >= 0.3 is 0 Å². The van der Waals surface area contributed by atoms with Crippen LogP contribution in [-0.2, 0) is 0 Å². The maximum absolute atomic E-state index is 6.09. The summed E-state index contributed by atoms with van der Waals surface area (Å²) in [6.07, 6.45) is 1.81. The molecule has 1 aromatic rings. The van der Waals surface area contributed by atoms with E-state index in [1.807, 2.05) is 6.26 Å². The van der Waals surface area contributed by atoms with E-state index in [1.54, 1.807) is 0 Å². The Bertz CT molecular complexity index is 294. The van der Waals surface area contributed by atoms with Crippen LogP contribution in [0.5, 0.6) is 0 Å². The Morgan fingerprint density at radius 1 is 1.29 bits per heavy atom. The van der Waals surface area contributed by atoms with Crippen LogP contribution in [0, 0.1) is 5.41 Å². The Morgan fingerprint density at radius 3 is 2.21 bits per heavy atom. The fourth-order valence-corrected chi connectivity index (χ4v) is 1.26. The van der Waals surface area contributed by atoms with Crippen molar-refractivity contribution in [1.82, 2.24) is 0 Å². The van der Waals surface area contributed by atoms with Crippen molar-refractivity contribution in [3.05, 3.63) is 23.7 Å². The van der Waals surface area contributed by atoms with Gasteiger partial charge in [0.05, 0.1) is 12.3 Å². The summed E-state index contributed by atoms with van der Waals surface area (Å²) in [4.78, 5) is 0. The van der Waals surface area contributed by atoms with Crippen LogP contribution in [0.2, 0.25) is 0 Å². The van der Waals surface area contributed by atoms with Crippen LogP contribution in [0.3, 0.4) is 0 Å². The Morgan fingerprint density at radius 2 is 1.86 bits per heavy atom. The summed E-state index contributed by atoms with van der Waals surface area (Å²) in [6.45, 7) is 10.7. The van der Waals surface area contributed by atoms with Crippen molar-refractivity contribution in [2.45, 2.75) is 46.6 Å². The average Bonchev–Trinajstić information content (AvgIpc) is 2.48. The third kappa shape index (κ3) is 2.38. The molecule has 2 heteroatoms. The Balaban J connectivity index is 2.87. The molecule has 1 rings (SSSR count). The minimum Gasteiger partial charge on any atom is -0.467 e. The number of hydrogen-bond acceptors (Lipinski definition) is 2. The summed E-state index contributed by atoms with van der Waals surface area (Å²) in [5, 5.41) is 0. The molecule has 1 aromatic heterocycles. The first kappa shape index (κ1) is 11.3. The topological polar surface area (TPSA) is 39.2 Å². The van der Waals surface area contributed by atoms with Crippen LogP contribution < -0.4 is 5.73 Å². The maximum Gasteiger partial charge on any atom is 0.121 e. The zero-order valence-electron chi connectivity index (χ0n) is 9.79. The van der Waals surface area contributed by atoms with E-state index in [1.165, 1.54) is 5.56 Å². The zero-order chi connectivity index (χ0) is 10.9. The molecule has 2 nitrogen and oxygen atoms in total. The molecule has 0 aliphatic rings. The summed E-state index contributed by atoms with van der Waals surface area (Å²) in [6, 6.07) is 2.04. The van der Waals surface area contributed by atoms with Gasteiger partial charge in [0, 0.05) is 0 Å². The molecule has 80 valence electrons. The second-order valence-electron chi connectivity index (χ2n) is 5.28. The Labute approximate surface area is 86.5 Å². The molecule has 0 saturated carbocycles. The minimum atomic E-state index is -0.0324. The lowest BCUT2D eigenvalue weighted by atomic mass is 9.86. The number of furan rings is 1. The van der Waals surface area contributed by atoms with Crippen molar-refractivity contribution >= 4 is 0 Å². The smallest absolute Gasteiger partial charge is 0.121 e. The average molecular weight is 195 g/mol. The first-order valence-corrected chi connectivity index (χ1v) is 5.16. The molecule has 2 N–H and O–H groups in total. The number of rotatable bonds is 2. The highest BCUT2D eigenvalue weighted by Crippen LogP contribution is 2.32. The molecule has 14 heavy (non-hydrogen) atoms. The van der Waals surface area contributed by atoms with Gasteiger partial charge in [-0.1, -0.05) is 34.6 Å². The second-order valence-corrected chi connectivity index (χ2v) is 5.28. The van der Waals surface area contributed by atoms with Gasteiger partial charge in [-0.05, 0) is 23.0 Å². The fourth-order valence-electron chi connectivity index (χ4n) is 1.26. The van der Waals surface area contributed by atoms with E-state index in [4.69, 9.17) is 10.2 Å². The summed E-state index contributed by atoms with van der Waals surface area (Å²) in [7, 11) is 0. The predicted octanol–water partition coefficient (Wildman–Crippen LogP) is 3.45. The first-order chi connectivity index (χ1) is 6.32. The molecular formula is C12H21NO. The first-order valence-electron chi connectivity index (χ1n) is 5.16. The lowest BCUT2D eigenvalue weighted by molar-refractivity contribution is 0.285. The van der Waals surface area contributed by atoms with E-state index >= 15 is 0 Å². The minimum absolute atomic E-state index is 0.0324. The van der Waals surface area contributed by atoms with Crippen LogP contribution in [0.25, 0.3) is 0 Å². The van der Waals surface area contributed by atoms with E-state index in [2.05, 4.69) is 40.7 Å². The zero-order valence-corrected chi connectivity index (χ0v) is 9.79. The molecule has 1 atom stereocenters.